The fourth-order valence-corrected chi connectivity index (χ4v) is 3.73. The second-order valence-electron chi connectivity index (χ2n) is 5.52. The molecule has 21 heavy (non-hydrogen) atoms. The maximum Gasteiger partial charge on any atom is 0.144 e. The number of hydrogen-bond donors (Lipinski definition) is 1. The Morgan fingerprint density at radius 3 is 3.05 bits per heavy atom. The molecule has 0 saturated carbocycles. The van der Waals surface area contributed by atoms with E-state index in [0.717, 1.165) is 44.0 Å². The Morgan fingerprint density at radius 1 is 1.38 bits per heavy atom. The van der Waals surface area contributed by atoms with E-state index >= 15 is 0 Å². The first-order valence-electron chi connectivity index (χ1n) is 7.63. The van der Waals surface area contributed by atoms with Crippen LogP contribution in [-0.2, 0) is 13.0 Å². The van der Waals surface area contributed by atoms with Crippen molar-refractivity contribution in [3.8, 4) is 0 Å². The largest absolute Gasteiger partial charge is 0.369 e. The number of nitrogens with zero attached hydrogens (tertiary/aromatic N) is 3. The minimum Gasteiger partial charge on any atom is -0.369 e. The predicted molar refractivity (Wildman–Crippen MR) is 87.7 cm³/mol. The fraction of sp³-hybridized carbons (Fsp3) is 0.500. The summed E-state index contributed by atoms with van der Waals surface area (Å²) in [7, 11) is 0. The van der Waals surface area contributed by atoms with Crippen LogP contribution in [0.15, 0.2) is 23.8 Å². The van der Waals surface area contributed by atoms with Gasteiger partial charge in [-0.3, -0.25) is 9.88 Å². The minimum atomic E-state index is 0.472. The summed E-state index contributed by atoms with van der Waals surface area (Å²) in [6.07, 6.45) is 5.99. The van der Waals surface area contributed by atoms with Crippen molar-refractivity contribution < 1.29 is 0 Å². The van der Waals surface area contributed by atoms with Crippen LogP contribution < -0.4 is 5.32 Å². The highest BCUT2D eigenvalue weighted by Gasteiger charge is 2.24. The molecule has 0 amide bonds. The van der Waals surface area contributed by atoms with Gasteiger partial charge < -0.3 is 5.32 Å². The zero-order valence-corrected chi connectivity index (χ0v) is 13.5. The van der Waals surface area contributed by atoms with Crippen molar-refractivity contribution in [2.45, 2.75) is 39.3 Å². The van der Waals surface area contributed by atoms with Gasteiger partial charge in [0, 0.05) is 30.6 Å². The zero-order valence-electron chi connectivity index (χ0n) is 12.7. The monoisotopic (exact) mass is 302 g/mol. The van der Waals surface area contributed by atoms with Crippen LogP contribution in [0.25, 0.3) is 0 Å². The molecular formula is C16H22N4S. The number of fused-ring (bicyclic) bond motifs is 1. The Kier molecular flexibility index (Phi) is 4.51. The number of aromatic nitrogens is 2. The van der Waals surface area contributed by atoms with Crippen molar-refractivity contribution in [2.24, 2.45) is 0 Å². The molecule has 0 saturated heterocycles. The number of hydrogen-bond acceptors (Lipinski definition) is 5. The number of nitrogens with one attached hydrogen (secondary N) is 1. The summed E-state index contributed by atoms with van der Waals surface area (Å²) >= 11 is 1.88. The van der Waals surface area contributed by atoms with Crippen molar-refractivity contribution in [2.75, 3.05) is 18.4 Å². The first-order chi connectivity index (χ1) is 10.3. The SMILES string of the molecule is CCCNc1cnc(CN2CCc3sccc3C2C)cn1. The van der Waals surface area contributed by atoms with E-state index in [-0.39, 0.29) is 0 Å². The summed E-state index contributed by atoms with van der Waals surface area (Å²) in [5.74, 6) is 0.868. The molecule has 1 unspecified atom stereocenters. The van der Waals surface area contributed by atoms with E-state index in [9.17, 15) is 0 Å². The lowest BCUT2D eigenvalue weighted by atomic mass is 10.0. The normalized spacial score (nSPS) is 18.5. The van der Waals surface area contributed by atoms with Gasteiger partial charge in [-0.1, -0.05) is 6.92 Å². The molecule has 1 atom stereocenters. The van der Waals surface area contributed by atoms with Gasteiger partial charge in [0.05, 0.1) is 18.1 Å². The molecule has 0 bridgehead atoms. The molecule has 0 fully saturated rings. The fourth-order valence-electron chi connectivity index (χ4n) is 2.77. The van der Waals surface area contributed by atoms with Gasteiger partial charge in [0.15, 0.2) is 0 Å². The Morgan fingerprint density at radius 2 is 2.29 bits per heavy atom. The van der Waals surface area contributed by atoms with Crippen LogP contribution in [0.3, 0.4) is 0 Å². The van der Waals surface area contributed by atoms with E-state index < -0.39 is 0 Å². The van der Waals surface area contributed by atoms with E-state index in [0.29, 0.717) is 6.04 Å². The second-order valence-corrected chi connectivity index (χ2v) is 6.52. The molecule has 0 aromatic carbocycles. The predicted octanol–water partition coefficient (Wildman–Crippen LogP) is 3.48. The average Bonchev–Trinajstić information content (AvgIpc) is 2.99. The summed E-state index contributed by atoms with van der Waals surface area (Å²) in [6.45, 7) is 7.35. The van der Waals surface area contributed by atoms with Crippen molar-refractivity contribution in [3.63, 3.8) is 0 Å². The highest BCUT2D eigenvalue weighted by molar-refractivity contribution is 7.10. The van der Waals surface area contributed by atoms with E-state index in [1.807, 2.05) is 23.7 Å². The van der Waals surface area contributed by atoms with E-state index in [1.165, 1.54) is 5.56 Å². The lowest BCUT2D eigenvalue weighted by molar-refractivity contribution is 0.189. The molecule has 5 heteroatoms. The number of anilines is 1. The maximum absolute atomic E-state index is 4.54. The average molecular weight is 302 g/mol. The molecule has 3 heterocycles. The Hall–Kier alpha value is -1.46. The quantitative estimate of drug-likeness (QED) is 0.918. The van der Waals surface area contributed by atoms with Crippen LogP contribution >= 0.6 is 11.3 Å². The van der Waals surface area contributed by atoms with E-state index in [4.69, 9.17) is 0 Å². The smallest absolute Gasteiger partial charge is 0.144 e. The van der Waals surface area contributed by atoms with Gasteiger partial charge in [-0.05, 0) is 36.8 Å². The van der Waals surface area contributed by atoms with Crippen molar-refractivity contribution in [1.29, 1.82) is 0 Å². The first-order valence-corrected chi connectivity index (χ1v) is 8.51. The molecule has 0 spiro atoms. The van der Waals surface area contributed by atoms with Crippen LogP contribution in [0.1, 0.15) is 42.4 Å². The highest BCUT2D eigenvalue weighted by atomic mass is 32.1. The highest BCUT2D eigenvalue weighted by Crippen LogP contribution is 2.33. The second kappa shape index (κ2) is 6.54. The maximum atomic E-state index is 4.54. The molecule has 1 aliphatic rings. The van der Waals surface area contributed by atoms with Gasteiger partial charge in [0.2, 0.25) is 0 Å². The van der Waals surface area contributed by atoms with Gasteiger partial charge in [-0.2, -0.15) is 0 Å². The summed E-state index contributed by atoms with van der Waals surface area (Å²) < 4.78 is 0. The van der Waals surface area contributed by atoms with Crippen molar-refractivity contribution in [1.82, 2.24) is 14.9 Å². The minimum absolute atomic E-state index is 0.472. The van der Waals surface area contributed by atoms with Crippen LogP contribution in [0.2, 0.25) is 0 Å². The van der Waals surface area contributed by atoms with Crippen molar-refractivity contribution >= 4 is 17.2 Å². The van der Waals surface area contributed by atoms with Gasteiger partial charge in [0.1, 0.15) is 5.82 Å². The van der Waals surface area contributed by atoms with Gasteiger partial charge >= 0.3 is 0 Å². The summed E-state index contributed by atoms with van der Waals surface area (Å²) in [4.78, 5) is 13.0. The Bertz CT molecular complexity index is 578. The third-order valence-electron chi connectivity index (χ3n) is 4.03. The molecule has 1 N–H and O–H groups in total. The Balaban J connectivity index is 1.64. The topological polar surface area (TPSA) is 41.1 Å². The van der Waals surface area contributed by atoms with Crippen molar-refractivity contribution in [3.05, 3.63) is 40.0 Å². The van der Waals surface area contributed by atoms with E-state index in [1.54, 1.807) is 4.88 Å². The van der Waals surface area contributed by atoms with Crippen LogP contribution in [-0.4, -0.2) is 28.0 Å². The zero-order chi connectivity index (χ0) is 14.7. The third kappa shape index (κ3) is 3.24. The third-order valence-corrected chi connectivity index (χ3v) is 5.03. The molecular weight excluding hydrogens is 280 g/mol. The number of thiophene rings is 1. The van der Waals surface area contributed by atoms with Gasteiger partial charge in [-0.15, -0.1) is 11.3 Å². The van der Waals surface area contributed by atoms with Crippen LogP contribution in [0.4, 0.5) is 5.82 Å². The molecule has 0 radical (unpaired) electrons. The van der Waals surface area contributed by atoms with E-state index in [2.05, 4.69) is 45.5 Å². The summed E-state index contributed by atoms with van der Waals surface area (Å²) in [6, 6.07) is 2.74. The van der Waals surface area contributed by atoms with Gasteiger partial charge in [0.25, 0.3) is 0 Å². The summed E-state index contributed by atoms with van der Waals surface area (Å²) in [5.41, 5.74) is 2.53. The molecule has 112 valence electrons. The molecule has 0 aliphatic carbocycles. The van der Waals surface area contributed by atoms with Gasteiger partial charge in [-0.25, -0.2) is 4.98 Å². The summed E-state index contributed by atoms with van der Waals surface area (Å²) in [5, 5.41) is 5.46. The molecule has 4 nitrogen and oxygen atoms in total. The van der Waals surface area contributed by atoms with Crippen LogP contribution in [0.5, 0.6) is 0 Å². The van der Waals surface area contributed by atoms with Crippen LogP contribution in [0, 0.1) is 0 Å². The number of rotatable bonds is 5. The molecule has 3 rings (SSSR count). The molecule has 1 aliphatic heterocycles. The first kappa shape index (κ1) is 14.5. The molecule has 2 aromatic rings. The lowest BCUT2D eigenvalue weighted by Crippen LogP contribution is -2.32. The Labute approximate surface area is 130 Å². The molecule has 2 aromatic heterocycles. The lowest BCUT2D eigenvalue weighted by Gasteiger charge is -2.33. The standard InChI is InChI=1S/C16H22N4S/c1-3-6-17-16-10-18-13(9-19-16)11-20-7-4-15-14(12(20)2)5-8-21-15/h5,8-10,12H,3-4,6-7,11H2,1-2H3,(H,17,19).